The minimum Gasteiger partial charge on any atom is -0.488 e. The van der Waals surface area contributed by atoms with Crippen LogP contribution in [0.15, 0.2) is 119 Å². The molecule has 1 fully saturated rings. The second-order valence-corrected chi connectivity index (χ2v) is 9.15. The van der Waals surface area contributed by atoms with Crippen LogP contribution in [0.1, 0.15) is 11.1 Å². The highest BCUT2D eigenvalue weighted by atomic mass is 35.5. The van der Waals surface area contributed by atoms with Crippen molar-refractivity contribution in [3.8, 4) is 5.75 Å². The molecule has 0 saturated carbocycles. The molecule has 0 aromatic heterocycles. The Kier molecular flexibility index (Phi) is 6.98. The number of carbonyl (C=O) groups is 1. The van der Waals surface area contributed by atoms with Gasteiger partial charge >= 0.3 is 0 Å². The first kappa shape index (κ1) is 23.0. The van der Waals surface area contributed by atoms with Crippen molar-refractivity contribution in [2.24, 2.45) is 4.99 Å². The maximum absolute atomic E-state index is 13.5. The second-order valence-electron chi connectivity index (χ2n) is 7.73. The van der Waals surface area contributed by atoms with Crippen LogP contribution in [0.2, 0.25) is 5.02 Å². The van der Waals surface area contributed by atoms with E-state index in [4.69, 9.17) is 21.3 Å². The van der Waals surface area contributed by atoms with Crippen molar-refractivity contribution in [2.45, 2.75) is 6.61 Å². The SMILES string of the molecule is O=C1/C(=C\c2ccccc2OCc2ccccc2Cl)SC(=Nc2ccccc2)N1c1ccccc1. The predicted octanol–water partition coefficient (Wildman–Crippen LogP) is 7.73. The molecule has 0 spiro atoms. The van der Waals surface area contributed by atoms with E-state index in [0.29, 0.717) is 27.5 Å². The van der Waals surface area contributed by atoms with Crippen molar-refractivity contribution < 1.29 is 9.53 Å². The Labute approximate surface area is 213 Å². The second kappa shape index (κ2) is 10.6. The molecule has 1 aliphatic heterocycles. The molecule has 4 nitrogen and oxygen atoms in total. The normalized spacial score (nSPS) is 15.7. The van der Waals surface area contributed by atoms with Crippen LogP contribution in [0.5, 0.6) is 5.75 Å². The lowest BCUT2D eigenvalue weighted by atomic mass is 10.1. The third-order valence-corrected chi connectivity index (χ3v) is 6.69. The fraction of sp³-hybridized carbons (Fsp3) is 0.0345. The first-order chi connectivity index (χ1) is 17.2. The van der Waals surface area contributed by atoms with Gasteiger partial charge in [0.05, 0.1) is 16.3 Å². The van der Waals surface area contributed by atoms with Crippen molar-refractivity contribution in [3.63, 3.8) is 0 Å². The number of aliphatic imine (C=N–C) groups is 1. The average Bonchev–Trinajstić information content (AvgIpc) is 3.19. The van der Waals surface area contributed by atoms with Crippen LogP contribution in [-0.4, -0.2) is 11.1 Å². The minimum atomic E-state index is -0.128. The van der Waals surface area contributed by atoms with Crippen LogP contribution in [0.25, 0.3) is 6.08 Å². The molecule has 6 heteroatoms. The Hall–Kier alpha value is -3.80. The van der Waals surface area contributed by atoms with Crippen molar-refractivity contribution in [1.82, 2.24) is 0 Å². The monoisotopic (exact) mass is 496 g/mol. The average molecular weight is 497 g/mol. The summed E-state index contributed by atoms with van der Waals surface area (Å²) in [5.41, 5.74) is 3.26. The standard InChI is InChI=1S/C29H21ClN2O2S/c30-25-17-9-7-12-22(25)20-34-26-18-10-8-11-21(26)19-27-28(33)32(24-15-5-2-6-16-24)29(35-27)31-23-13-3-1-4-14-23/h1-19H,20H2/b27-19+,31-29?. The van der Waals surface area contributed by atoms with Crippen LogP contribution in [0.3, 0.4) is 0 Å². The molecular formula is C29H21ClN2O2S. The zero-order chi connectivity index (χ0) is 24.0. The van der Waals surface area contributed by atoms with Crippen molar-refractivity contribution >= 4 is 51.9 Å². The molecule has 35 heavy (non-hydrogen) atoms. The van der Waals surface area contributed by atoms with Crippen LogP contribution in [0.4, 0.5) is 11.4 Å². The smallest absolute Gasteiger partial charge is 0.271 e. The summed E-state index contributed by atoms with van der Waals surface area (Å²) in [6.45, 7) is 0.331. The highest BCUT2D eigenvalue weighted by Crippen LogP contribution is 2.38. The molecule has 1 saturated heterocycles. The van der Waals surface area contributed by atoms with Gasteiger partial charge in [-0.15, -0.1) is 0 Å². The van der Waals surface area contributed by atoms with Gasteiger partial charge in [0.15, 0.2) is 5.17 Å². The Bertz CT molecular complexity index is 1400. The number of ether oxygens (including phenoxy) is 1. The van der Waals surface area contributed by atoms with Crippen LogP contribution < -0.4 is 9.64 Å². The van der Waals surface area contributed by atoms with E-state index in [0.717, 1.165) is 22.5 Å². The number of halogens is 1. The zero-order valence-corrected chi connectivity index (χ0v) is 20.2. The molecule has 0 atom stereocenters. The number of hydrogen-bond donors (Lipinski definition) is 0. The number of benzene rings is 4. The van der Waals surface area contributed by atoms with Crippen LogP contribution in [0, 0.1) is 0 Å². The summed E-state index contributed by atoms with van der Waals surface area (Å²) < 4.78 is 6.09. The number of thioether (sulfide) groups is 1. The van der Waals surface area contributed by atoms with Gasteiger partial charge in [0.2, 0.25) is 0 Å². The summed E-state index contributed by atoms with van der Waals surface area (Å²) in [6, 6.07) is 34.4. The molecule has 1 aliphatic rings. The fourth-order valence-electron chi connectivity index (χ4n) is 3.61. The van der Waals surface area contributed by atoms with Gasteiger partial charge in [0.25, 0.3) is 5.91 Å². The molecule has 0 N–H and O–H groups in total. The number of anilines is 1. The highest BCUT2D eigenvalue weighted by molar-refractivity contribution is 8.19. The molecule has 0 bridgehead atoms. The van der Waals surface area contributed by atoms with Gasteiger partial charge in [0.1, 0.15) is 12.4 Å². The van der Waals surface area contributed by atoms with Gasteiger partial charge in [-0.25, -0.2) is 4.99 Å². The van der Waals surface area contributed by atoms with Gasteiger partial charge in [-0.1, -0.05) is 84.4 Å². The van der Waals surface area contributed by atoms with Crippen LogP contribution >= 0.6 is 23.4 Å². The van der Waals surface area contributed by atoms with E-state index in [1.165, 1.54) is 11.8 Å². The quantitative estimate of drug-likeness (QED) is 0.256. The summed E-state index contributed by atoms with van der Waals surface area (Å²) >= 11 is 7.63. The lowest BCUT2D eigenvalue weighted by Crippen LogP contribution is -2.28. The number of hydrogen-bond acceptors (Lipinski definition) is 4. The fourth-order valence-corrected chi connectivity index (χ4v) is 4.79. The number of amides is 1. The molecule has 0 unspecified atom stereocenters. The van der Waals surface area contributed by atoms with Gasteiger partial charge in [-0.3, -0.25) is 9.69 Å². The molecule has 1 amide bonds. The Morgan fingerprint density at radius 2 is 1.49 bits per heavy atom. The van der Waals surface area contributed by atoms with E-state index in [2.05, 4.69) is 0 Å². The highest BCUT2D eigenvalue weighted by Gasteiger charge is 2.34. The van der Waals surface area contributed by atoms with E-state index in [9.17, 15) is 4.79 Å². The first-order valence-corrected chi connectivity index (χ1v) is 12.3. The summed E-state index contributed by atoms with van der Waals surface area (Å²) in [6.07, 6.45) is 1.86. The zero-order valence-electron chi connectivity index (χ0n) is 18.7. The molecule has 0 aliphatic carbocycles. The van der Waals surface area contributed by atoms with E-state index < -0.39 is 0 Å². The van der Waals surface area contributed by atoms with Crippen molar-refractivity contribution in [3.05, 3.63) is 130 Å². The molecule has 1 heterocycles. The molecule has 4 aromatic rings. The summed E-state index contributed by atoms with van der Waals surface area (Å²) in [7, 11) is 0. The molecule has 172 valence electrons. The molecular weight excluding hydrogens is 476 g/mol. The molecule has 4 aromatic carbocycles. The predicted molar refractivity (Wildman–Crippen MR) is 145 cm³/mol. The van der Waals surface area contributed by atoms with Crippen molar-refractivity contribution in [2.75, 3.05) is 4.90 Å². The molecule has 0 radical (unpaired) electrons. The molecule has 5 rings (SSSR count). The first-order valence-electron chi connectivity index (χ1n) is 11.1. The van der Waals surface area contributed by atoms with E-state index in [-0.39, 0.29) is 5.91 Å². The number of nitrogens with zero attached hydrogens (tertiary/aromatic N) is 2. The Balaban J connectivity index is 1.48. The van der Waals surface area contributed by atoms with E-state index >= 15 is 0 Å². The summed E-state index contributed by atoms with van der Waals surface area (Å²) in [5.74, 6) is 0.546. The van der Waals surface area contributed by atoms with E-state index in [1.807, 2.05) is 115 Å². The summed E-state index contributed by atoms with van der Waals surface area (Å²) in [4.78, 5) is 20.5. The summed E-state index contributed by atoms with van der Waals surface area (Å²) in [5, 5.41) is 1.26. The third kappa shape index (κ3) is 5.32. The van der Waals surface area contributed by atoms with Gasteiger partial charge < -0.3 is 4.74 Å². The van der Waals surface area contributed by atoms with Crippen molar-refractivity contribution in [1.29, 1.82) is 0 Å². The van der Waals surface area contributed by atoms with Gasteiger partial charge in [-0.2, -0.15) is 0 Å². The van der Waals surface area contributed by atoms with Gasteiger partial charge in [-0.05, 0) is 54.2 Å². The number of carbonyl (C=O) groups excluding carboxylic acids is 1. The lowest BCUT2D eigenvalue weighted by Gasteiger charge is -2.15. The maximum Gasteiger partial charge on any atom is 0.271 e. The maximum atomic E-state index is 13.5. The van der Waals surface area contributed by atoms with Gasteiger partial charge in [0, 0.05) is 16.1 Å². The lowest BCUT2D eigenvalue weighted by molar-refractivity contribution is -0.113. The minimum absolute atomic E-state index is 0.128. The van der Waals surface area contributed by atoms with Crippen LogP contribution in [-0.2, 0) is 11.4 Å². The Morgan fingerprint density at radius 1 is 0.829 bits per heavy atom. The third-order valence-electron chi connectivity index (χ3n) is 5.35. The topological polar surface area (TPSA) is 41.9 Å². The number of amidine groups is 1. The number of para-hydroxylation sites is 3. The van der Waals surface area contributed by atoms with E-state index in [1.54, 1.807) is 4.90 Å². The number of rotatable bonds is 6. The Morgan fingerprint density at radius 3 is 2.26 bits per heavy atom. The largest absolute Gasteiger partial charge is 0.488 e.